The predicted molar refractivity (Wildman–Crippen MR) is 289 cm³/mol. The lowest BCUT2D eigenvalue weighted by Gasteiger charge is -2.35. The van der Waals surface area contributed by atoms with Gasteiger partial charge in [-0.15, -0.1) is 0 Å². The molecule has 0 aromatic heterocycles. The Balaban J connectivity index is 2.34. The second-order valence-electron chi connectivity index (χ2n) is 20.3. The van der Waals surface area contributed by atoms with E-state index in [0.717, 1.165) is 17.4 Å². The third-order valence-electron chi connectivity index (χ3n) is 13.9. The van der Waals surface area contributed by atoms with E-state index in [0.29, 0.717) is 12.0 Å². The zero-order valence-electron chi connectivity index (χ0n) is 47.2. The molecular formula is C56H83N7O16. The normalized spacial score (nSPS) is 23.9. The van der Waals surface area contributed by atoms with Crippen molar-refractivity contribution in [2.24, 2.45) is 23.5 Å². The number of nitrogens with one attached hydrogen (secondary N) is 5. The van der Waals surface area contributed by atoms with Gasteiger partial charge in [0.05, 0.1) is 24.7 Å². The number of amides is 7. The highest BCUT2D eigenvalue weighted by Crippen LogP contribution is 2.28. The number of carbonyl (C=O) groups excluding carboxylic acids is 9. The van der Waals surface area contributed by atoms with E-state index in [4.69, 9.17) is 24.7 Å². The summed E-state index contributed by atoms with van der Waals surface area (Å²) in [4.78, 5) is 127. The number of carbonyl (C=O) groups is 9. The molecule has 438 valence electrons. The maximum Gasteiger partial charge on any atom is 0.332 e. The van der Waals surface area contributed by atoms with Crippen molar-refractivity contribution in [2.45, 2.75) is 168 Å². The van der Waals surface area contributed by atoms with Crippen molar-refractivity contribution in [1.82, 2.24) is 31.5 Å². The van der Waals surface area contributed by atoms with Crippen LogP contribution in [0.2, 0.25) is 0 Å². The SMILES string of the molecule is CCCCOC(/C=C/C(N)=O)(CO)[C@@H](C)Oc1ccc([C@@H]2NC(=O)[C@@H]([C@@H](C)CC)NC(=O)[C@@H](NC(=O)[C@H](C)[C@H](O)C(C)C)[C@@H](C)OC(=O)[C@H](COC(=O)CC)NC(=O)[C@@H]([C@@H](C)O)NC(=O)[C@H](Cc3ccccc3)N(C)C2=O)cc1. The number of hydrogen-bond donors (Lipinski definition) is 9. The summed E-state index contributed by atoms with van der Waals surface area (Å²) in [5, 5.41) is 45.4. The number of cyclic esters (lactones) is 1. The number of rotatable bonds is 23. The molecule has 23 heteroatoms. The van der Waals surface area contributed by atoms with E-state index in [9.17, 15) is 53.7 Å². The summed E-state index contributed by atoms with van der Waals surface area (Å²) >= 11 is 0. The van der Waals surface area contributed by atoms with Gasteiger partial charge >= 0.3 is 11.9 Å². The molecule has 1 aliphatic heterocycles. The first-order chi connectivity index (χ1) is 37.2. The second-order valence-corrected chi connectivity index (χ2v) is 20.3. The van der Waals surface area contributed by atoms with Crippen LogP contribution in [0.1, 0.15) is 112 Å². The number of nitrogens with zero attached hydrogens (tertiary/aromatic N) is 1. The van der Waals surface area contributed by atoms with Gasteiger partial charge in [0.25, 0.3) is 0 Å². The molecule has 2 aromatic carbocycles. The zero-order chi connectivity index (χ0) is 59.3. The highest BCUT2D eigenvalue weighted by atomic mass is 16.6. The molecule has 10 N–H and O–H groups in total. The monoisotopic (exact) mass is 1110 g/mol. The maximum atomic E-state index is 15.3. The molecule has 1 aliphatic rings. The Morgan fingerprint density at radius 2 is 1.47 bits per heavy atom. The van der Waals surface area contributed by atoms with Crippen LogP contribution >= 0.6 is 0 Å². The summed E-state index contributed by atoms with van der Waals surface area (Å²) in [5.41, 5.74) is 4.58. The second kappa shape index (κ2) is 31.6. The molecule has 13 atom stereocenters. The molecule has 3 rings (SSSR count). The molecule has 0 saturated carbocycles. The van der Waals surface area contributed by atoms with Gasteiger partial charge in [-0.1, -0.05) is 104 Å². The topological polar surface area (TPSA) is 341 Å². The first-order valence-corrected chi connectivity index (χ1v) is 26.8. The summed E-state index contributed by atoms with van der Waals surface area (Å²) < 4.78 is 23.3. The Morgan fingerprint density at radius 3 is 2.03 bits per heavy atom. The van der Waals surface area contributed by atoms with Gasteiger partial charge in [-0.3, -0.25) is 38.4 Å². The van der Waals surface area contributed by atoms with Crippen LogP contribution in [0.15, 0.2) is 66.7 Å². The van der Waals surface area contributed by atoms with Crippen LogP contribution in [-0.4, -0.2) is 161 Å². The third-order valence-corrected chi connectivity index (χ3v) is 13.9. The first kappa shape index (κ1) is 66.3. The standard InChI is InChI=1S/C56H83N7O16/c1-12-15-27-77-56(30-64,26-25-42(57)66)36(10)79-39-23-21-38(22-24-39)47-54(74)63(11)41(28-37-19-17-16-18-20-37)50(70)60-45(34(8)65)52(72)58-40(29-76-43(67)14-3)55(75)78-35(9)46(61-49(69)33(7)48(68)31(4)5)53(73)59-44(32(6)13-2)51(71)62-47/h16-26,31-36,40-41,44-48,64-65,68H,12-15,27-30H2,1-11H3,(H2,57,66)(H,58,72)(H,59,73)(H,60,70)(H,61,69)(H,62,71)/b26-25+/t32-,33+,34+,35+,36+,40-,41-,44+,45+,46-,47-,48+,56?/m0/s1. The van der Waals surface area contributed by atoms with Gasteiger partial charge in [-0.2, -0.15) is 0 Å². The van der Waals surface area contributed by atoms with Crippen molar-refractivity contribution in [3.05, 3.63) is 77.9 Å². The molecule has 1 saturated heterocycles. The van der Waals surface area contributed by atoms with Crippen molar-refractivity contribution in [3.63, 3.8) is 0 Å². The lowest BCUT2D eigenvalue weighted by molar-refractivity contribution is -0.160. The average Bonchev–Trinajstić information content (AvgIpc) is 3.45. The van der Waals surface area contributed by atoms with Crippen molar-refractivity contribution in [2.75, 3.05) is 26.9 Å². The summed E-state index contributed by atoms with van der Waals surface area (Å²) in [6.07, 6.45) is -1.64. The quantitative estimate of drug-likeness (QED) is 0.0429. The van der Waals surface area contributed by atoms with Crippen molar-refractivity contribution in [1.29, 1.82) is 0 Å². The minimum atomic E-state index is -1.83. The molecule has 2 aromatic rings. The fourth-order valence-corrected chi connectivity index (χ4v) is 8.37. The Hall–Kier alpha value is -6.95. The van der Waals surface area contributed by atoms with Gasteiger partial charge in [0, 0.05) is 32.6 Å². The Kier molecular flexibility index (Phi) is 26.5. The van der Waals surface area contributed by atoms with Crippen LogP contribution < -0.4 is 37.1 Å². The Bertz CT molecular complexity index is 2410. The lowest BCUT2D eigenvalue weighted by atomic mass is 9.93. The van der Waals surface area contributed by atoms with E-state index in [1.54, 1.807) is 65.0 Å². The van der Waals surface area contributed by atoms with Gasteiger partial charge in [-0.05, 0) is 68.4 Å². The fourth-order valence-electron chi connectivity index (χ4n) is 8.37. The van der Waals surface area contributed by atoms with E-state index in [-0.39, 0.29) is 37.2 Å². The fraction of sp³-hybridized carbons (Fsp3) is 0.589. The van der Waals surface area contributed by atoms with E-state index >= 15 is 4.79 Å². The first-order valence-electron chi connectivity index (χ1n) is 26.8. The van der Waals surface area contributed by atoms with E-state index in [1.807, 2.05) is 6.92 Å². The van der Waals surface area contributed by atoms with Gasteiger partial charge in [0.1, 0.15) is 60.4 Å². The smallest absolute Gasteiger partial charge is 0.332 e. The summed E-state index contributed by atoms with van der Waals surface area (Å²) in [5.74, 6) is -10.6. The van der Waals surface area contributed by atoms with Crippen LogP contribution in [0.25, 0.3) is 0 Å². The van der Waals surface area contributed by atoms with Crippen LogP contribution in [-0.2, 0) is 63.8 Å². The number of benzene rings is 2. The number of esters is 2. The number of aliphatic hydroxyl groups is 3. The number of aliphatic hydroxyl groups excluding tert-OH is 3. The molecule has 7 amide bonds. The maximum absolute atomic E-state index is 15.3. The zero-order valence-corrected chi connectivity index (χ0v) is 47.2. The number of hydrogen-bond acceptors (Lipinski definition) is 16. The van der Waals surface area contributed by atoms with E-state index < -0.39 is 151 Å². The molecule has 1 unspecified atom stereocenters. The van der Waals surface area contributed by atoms with Crippen LogP contribution in [0.3, 0.4) is 0 Å². The molecular weight excluding hydrogens is 1030 g/mol. The van der Waals surface area contributed by atoms with Crippen LogP contribution in [0.5, 0.6) is 5.75 Å². The Labute approximate surface area is 462 Å². The van der Waals surface area contributed by atoms with Crippen LogP contribution in [0, 0.1) is 17.8 Å². The number of nitrogens with two attached hydrogens (primary N) is 1. The number of primary amides is 1. The van der Waals surface area contributed by atoms with Gasteiger partial charge in [0.2, 0.25) is 41.4 Å². The molecule has 1 heterocycles. The van der Waals surface area contributed by atoms with Gasteiger partial charge in [0.15, 0.2) is 6.04 Å². The number of likely N-dealkylation sites (N-methyl/N-ethyl adjacent to an activating group) is 1. The van der Waals surface area contributed by atoms with E-state index in [2.05, 4.69) is 26.6 Å². The molecule has 23 nitrogen and oxygen atoms in total. The molecule has 0 radical (unpaired) electrons. The lowest BCUT2D eigenvalue weighted by Crippen LogP contribution is -2.61. The molecule has 0 aliphatic carbocycles. The molecule has 1 fully saturated rings. The highest BCUT2D eigenvalue weighted by molar-refractivity contribution is 5.98. The summed E-state index contributed by atoms with van der Waals surface area (Å²) in [6, 6.07) is 4.39. The van der Waals surface area contributed by atoms with Crippen molar-refractivity contribution >= 4 is 53.3 Å². The highest BCUT2D eigenvalue weighted by Gasteiger charge is 2.42. The third kappa shape index (κ3) is 19.1. The molecule has 0 bridgehead atoms. The van der Waals surface area contributed by atoms with Crippen molar-refractivity contribution < 1.29 is 77.4 Å². The average molecular weight is 1110 g/mol. The summed E-state index contributed by atoms with van der Waals surface area (Å²) in [7, 11) is 1.30. The Morgan fingerprint density at radius 1 is 0.848 bits per heavy atom. The minimum absolute atomic E-state index is 0.132. The molecule has 0 spiro atoms. The number of unbranched alkanes of at least 4 members (excludes halogenated alkanes) is 1. The van der Waals surface area contributed by atoms with Crippen LogP contribution in [0.4, 0.5) is 0 Å². The van der Waals surface area contributed by atoms with Crippen molar-refractivity contribution in [3.8, 4) is 5.75 Å². The number of ether oxygens (including phenoxy) is 4. The largest absolute Gasteiger partial charge is 0.487 e. The predicted octanol–water partition coefficient (Wildman–Crippen LogP) is 1.19. The summed E-state index contributed by atoms with van der Waals surface area (Å²) in [6.45, 7) is 14.4. The molecule has 79 heavy (non-hydrogen) atoms. The van der Waals surface area contributed by atoms with Gasteiger partial charge in [-0.25, -0.2) is 4.79 Å². The van der Waals surface area contributed by atoms with Gasteiger partial charge < -0.3 is 71.5 Å². The van der Waals surface area contributed by atoms with E-state index in [1.165, 1.54) is 65.1 Å². The minimum Gasteiger partial charge on any atom is -0.487 e.